The van der Waals surface area contributed by atoms with Gasteiger partial charge >= 0.3 is 5.97 Å². The van der Waals surface area contributed by atoms with Gasteiger partial charge in [-0.3, -0.25) is 4.79 Å². The minimum Gasteiger partial charge on any atom is -0.489 e. The van der Waals surface area contributed by atoms with Gasteiger partial charge in [0.05, 0.1) is 12.1 Å². The largest absolute Gasteiger partial charge is 0.489 e. The molecule has 0 fully saturated rings. The van der Waals surface area contributed by atoms with E-state index in [4.69, 9.17) is 9.84 Å². The Hall–Kier alpha value is -2.66. The van der Waals surface area contributed by atoms with Crippen LogP contribution >= 0.6 is 11.3 Å². The molecule has 1 heterocycles. The lowest BCUT2D eigenvalue weighted by atomic mass is 10.0. The highest BCUT2D eigenvalue weighted by atomic mass is 32.1. The SMILES string of the molecule is CC(C)c1ccccc1OCc1ccc(-c2nc(CC(=O)O)cs2)cc1. The number of benzene rings is 2. The predicted octanol–water partition coefficient (Wildman–Crippen LogP) is 5.14. The molecule has 0 atom stereocenters. The molecule has 0 amide bonds. The van der Waals surface area contributed by atoms with E-state index in [0.29, 0.717) is 18.2 Å². The number of para-hydroxylation sites is 1. The van der Waals surface area contributed by atoms with Crippen LogP contribution in [0.2, 0.25) is 0 Å². The number of rotatable bonds is 7. The van der Waals surface area contributed by atoms with Gasteiger partial charge in [0, 0.05) is 10.9 Å². The van der Waals surface area contributed by atoms with Crippen LogP contribution in [-0.4, -0.2) is 16.1 Å². The smallest absolute Gasteiger partial charge is 0.309 e. The molecule has 3 rings (SSSR count). The molecule has 1 aromatic heterocycles. The van der Waals surface area contributed by atoms with Gasteiger partial charge in [0.15, 0.2) is 0 Å². The molecule has 4 nitrogen and oxygen atoms in total. The highest BCUT2D eigenvalue weighted by Crippen LogP contribution is 2.27. The molecule has 2 aromatic carbocycles. The molecule has 26 heavy (non-hydrogen) atoms. The Bertz CT molecular complexity index is 884. The van der Waals surface area contributed by atoms with Crippen molar-refractivity contribution in [3.63, 3.8) is 0 Å². The number of hydrogen-bond donors (Lipinski definition) is 1. The topological polar surface area (TPSA) is 59.4 Å². The van der Waals surface area contributed by atoms with Crippen molar-refractivity contribution in [2.45, 2.75) is 32.8 Å². The highest BCUT2D eigenvalue weighted by molar-refractivity contribution is 7.13. The van der Waals surface area contributed by atoms with E-state index in [1.54, 1.807) is 5.38 Å². The first-order valence-electron chi connectivity index (χ1n) is 8.50. The molecule has 0 spiro atoms. The summed E-state index contributed by atoms with van der Waals surface area (Å²) < 4.78 is 6.00. The fourth-order valence-electron chi connectivity index (χ4n) is 2.67. The zero-order chi connectivity index (χ0) is 18.5. The number of thiazole rings is 1. The quantitative estimate of drug-likeness (QED) is 0.628. The number of hydrogen-bond acceptors (Lipinski definition) is 4. The fraction of sp³-hybridized carbons (Fsp3) is 0.238. The highest BCUT2D eigenvalue weighted by Gasteiger charge is 2.09. The first kappa shape index (κ1) is 18.1. The van der Waals surface area contributed by atoms with Crippen molar-refractivity contribution in [3.05, 3.63) is 70.7 Å². The molecule has 0 saturated heterocycles. The first-order chi connectivity index (χ1) is 12.5. The second-order valence-corrected chi connectivity index (χ2v) is 7.25. The Balaban J connectivity index is 1.67. The number of carboxylic acids is 1. The van der Waals surface area contributed by atoms with Crippen molar-refractivity contribution in [3.8, 4) is 16.3 Å². The van der Waals surface area contributed by atoms with Crippen LogP contribution in [0.25, 0.3) is 10.6 Å². The van der Waals surface area contributed by atoms with E-state index in [1.165, 1.54) is 16.9 Å². The molecule has 0 radical (unpaired) electrons. The molecule has 3 aromatic rings. The number of nitrogens with zero attached hydrogens (tertiary/aromatic N) is 1. The van der Waals surface area contributed by atoms with Gasteiger partial charge in [-0.25, -0.2) is 4.98 Å². The Morgan fingerprint density at radius 1 is 1.15 bits per heavy atom. The van der Waals surface area contributed by atoms with Crippen LogP contribution in [0.1, 0.15) is 36.6 Å². The van der Waals surface area contributed by atoms with Crippen LogP contribution in [0.4, 0.5) is 0 Å². The lowest BCUT2D eigenvalue weighted by Gasteiger charge is -2.14. The fourth-order valence-corrected chi connectivity index (χ4v) is 3.50. The third-order valence-corrected chi connectivity index (χ3v) is 4.96. The summed E-state index contributed by atoms with van der Waals surface area (Å²) in [5.41, 5.74) is 3.86. The van der Waals surface area contributed by atoms with E-state index in [2.05, 4.69) is 24.9 Å². The molecular formula is C21H21NO3S. The zero-order valence-electron chi connectivity index (χ0n) is 14.8. The maximum Gasteiger partial charge on any atom is 0.309 e. The van der Waals surface area contributed by atoms with E-state index in [0.717, 1.165) is 21.9 Å². The van der Waals surface area contributed by atoms with E-state index < -0.39 is 5.97 Å². The van der Waals surface area contributed by atoms with Gasteiger partial charge in [0.25, 0.3) is 0 Å². The van der Waals surface area contributed by atoms with Gasteiger partial charge in [0.1, 0.15) is 17.4 Å². The molecule has 134 valence electrons. The van der Waals surface area contributed by atoms with Crippen molar-refractivity contribution < 1.29 is 14.6 Å². The van der Waals surface area contributed by atoms with Crippen molar-refractivity contribution in [2.75, 3.05) is 0 Å². The minimum absolute atomic E-state index is 0.0440. The van der Waals surface area contributed by atoms with Crippen molar-refractivity contribution in [2.24, 2.45) is 0 Å². The van der Waals surface area contributed by atoms with Crippen molar-refractivity contribution in [1.29, 1.82) is 0 Å². The summed E-state index contributed by atoms with van der Waals surface area (Å²) in [7, 11) is 0. The summed E-state index contributed by atoms with van der Waals surface area (Å²) in [6.07, 6.45) is -0.0440. The predicted molar refractivity (Wildman–Crippen MR) is 104 cm³/mol. The first-order valence-corrected chi connectivity index (χ1v) is 9.38. The average molecular weight is 367 g/mol. The molecule has 1 N–H and O–H groups in total. The van der Waals surface area contributed by atoms with Crippen LogP contribution in [0.5, 0.6) is 5.75 Å². The summed E-state index contributed by atoms with van der Waals surface area (Å²) >= 11 is 1.46. The van der Waals surface area contributed by atoms with E-state index in [9.17, 15) is 4.79 Å². The maximum absolute atomic E-state index is 10.8. The Labute approximate surface area is 157 Å². The normalized spacial score (nSPS) is 10.9. The molecule has 0 aliphatic heterocycles. The Morgan fingerprint density at radius 2 is 1.88 bits per heavy atom. The second kappa shape index (κ2) is 8.15. The number of aliphatic carboxylic acids is 1. The molecule has 0 saturated carbocycles. The summed E-state index contributed by atoms with van der Waals surface area (Å²) in [6.45, 7) is 4.82. The molecule has 0 unspecified atom stereocenters. The van der Waals surface area contributed by atoms with Gasteiger partial charge < -0.3 is 9.84 Å². The molecule has 0 aliphatic rings. The maximum atomic E-state index is 10.8. The third-order valence-electron chi connectivity index (χ3n) is 4.02. The average Bonchev–Trinajstić information content (AvgIpc) is 3.08. The molecule has 0 aliphatic carbocycles. The molecule has 0 bridgehead atoms. The van der Waals surface area contributed by atoms with E-state index in [-0.39, 0.29) is 6.42 Å². The van der Waals surface area contributed by atoms with Crippen molar-refractivity contribution >= 4 is 17.3 Å². The van der Waals surface area contributed by atoms with Crippen LogP contribution in [0.15, 0.2) is 53.9 Å². The van der Waals surface area contributed by atoms with Crippen LogP contribution < -0.4 is 4.74 Å². The van der Waals surface area contributed by atoms with Crippen molar-refractivity contribution in [1.82, 2.24) is 4.98 Å². The van der Waals surface area contributed by atoms with Gasteiger partial charge in [-0.1, -0.05) is 56.3 Å². The number of carbonyl (C=O) groups is 1. The van der Waals surface area contributed by atoms with Gasteiger partial charge in [0.2, 0.25) is 0 Å². The summed E-state index contributed by atoms with van der Waals surface area (Å²) in [4.78, 5) is 15.1. The number of aromatic nitrogens is 1. The number of carboxylic acid groups (broad SMARTS) is 1. The zero-order valence-corrected chi connectivity index (χ0v) is 15.6. The Morgan fingerprint density at radius 3 is 2.58 bits per heavy atom. The summed E-state index contributed by atoms with van der Waals surface area (Å²) in [6, 6.07) is 16.2. The van der Waals surface area contributed by atoms with E-state index >= 15 is 0 Å². The second-order valence-electron chi connectivity index (χ2n) is 6.39. The van der Waals surface area contributed by atoms with Gasteiger partial charge in [-0.2, -0.15) is 0 Å². The third kappa shape index (κ3) is 4.49. The van der Waals surface area contributed by atoms with E-state index in [1.807, 2.05) is 42.5 Å². The lowest BCUT2D eigenvalue weighted by molar-refractivity contribution is -0.136. The Kier molecular flexibility index (Phi) is 5.68. The monoisotopic (exact) mass is 367 g/mol. The van der Waals surface area contributed by atoms with Crippen LogP contribution in [-0.2, 0) is 17.8 Å². The number of ether oxygens (including phenoxy) is 1. The van der Waals surface area contributed by atoms with Gasteiger partial charge in [-0.15, -0.1) is 11.3 Å². The standard InChI is InChI=1S/C21H21NO3S/c1-14(2)18-5-3-4-6-19(18)25-12-15-7-9-16(10-8-15)21-22-17(13-26-21)11-20(23)24/h3-10,13-14H,11-12H2,1-2H3,(H,23,24). The summed E-state index contributed by atoms with van der Waals surface area (Å²) in [5.74, 6) is 0.472. The molecule has 5 heteroatoms. The lowest BCUT2D eigenvalue weighted by Crippen LogP contribution is -2.00. The summed E-state index contributed by atoms with van der Waals surface area (Å²) in [5, 5.41) is 11.5. The van der Waals surface area contributed by atoms with Crippen LogP contribution in [0.3, 0.4) is 0 Å². The van der Waals surface area contributed by atoms with Gasteiger partial charge in [-0.05, 0) is 23.1 Å². The van der Waals surface area contributed by atoms with Crippen LogP contribution in [0, 0.1) is 0 Å². The minimum atomic E-state index is -0.865. The molecular weight excluding hydrogens is 346 g/mol.